The molecule has 1 saturated heterocycles. The van der Waals surface area contributed by atoms with Crippen LogP contribution >= 0.6 is 0 Å². The second kappa shape index (κ2) is 2.46. The first-order chi connectivity index (χ1) is 5.17. The average molecular weight is 155 g/mol. The van der Waals surface area contributed by atoms with Crippen molar-refractivity contribution in [1.29, 1.82) is 0 Å². The molecule has 0 aromatic carbocycles. The van der Waals surface area contributed by atoms with Crippen molar-refractivity contribution in [3.8, 4) is 0 Å². The van der Waals surface area contributed by atoms with Gasteiger partial charge in [-0.2, -0.15) is 0 Å². The highest BCUT2D eigenvalue weighted by Gasteiger charge is 2.37. The summed E-state index contributed by atoms with van der Waals surface area (Å²) in [5, 5.41) is 3.55. The smallest absolute Gasteiger partial charge is 0.0755 e. The highest BCUT2D eigenvalue weighted by molar-refractivity contribution is 4.92. The lowest BCUT2D eigenvalue weighted by Crippen LogP contribution is -2.54. The molecule has 11 heavy (non-hydrogen) atoms. The number of hydrogen-bond acceptors (Lipinski definition) is 2. The van der Waals surface area contributed by atoms with Crippen LogP contribution in [-0.2, 0) is 4.74 Å². The second-order valence-electron chi connectivity index (χ2n) is 4.33. The molecule has 0 aromatic heterocycles. The highest BCUT2D eigenvalue weighted by atomic mass is 16.5. The van der Waals surface area contributed by atoms with Gasteiger partial charge >= 0.3 is 0 Å². The maximum absolute atomic E-state index is 5.94. The Morgan fingerprint density at radius 2 is 2.18 bits per heavy atom. The Balaban J connectivity index is 2.02. The minimum absolute atomic E-state index is 0.0610. The summed E-state index contributed by atoms with van der Waals surface area (Å²) in [4.78, 5) is 0. The molecule has 0 aromatic rings. The molecule has 0 radical (unpaired) electrons. The predicted octanol–water partition coefficient (Wildman–Crippen LogP) is 1.31. The van der Waals surface area contributed by atoms with Gasteiger partial charge in [-0.3, -0.25) is 0 Å². The first kappa shape index (κ1) is 7.56. The monoisotopic (exact) mass is 155 g/mol. The van der Waals surface area contributed by atoms with Gasteiger partial charge < -0.3 is 10.1 Å². The Bertz CT molecular complexity index is 156. The predicted molar refractivity (Wildman–Crippen MR) is 44.6 cm³/mol. The first-order valence-electron chi connectivity index (χ1n) is 4.59. The quantitative estimate of drug-likeness (QED) is 0.569. The lowest BCUT2D eigenvalue weighted by molar-refractivity contribution is -0.105. The van der Waals surface area contributed by atoms with Gasteiger partial charge in [-0.25, -0.2) is 0 Å². The second-order valence-corrected chi connectivity index (χ2v) is 4.33. The Hall–Kier alpha value is -0.0800. The Kier molecular flexibility index (Phi) is 1.69. The summed E-state index contributed by atoms with van der Waals surface area (Å²) in [7, 11) is 0. The van der Waals surface area contributed by atoms with Crippen molar-refractivity contribution >= 4 is 0 Å². The molecule has 2 nitrogen and oxygen atoms in total. The summed E-state index contributed by atoms with van der Waals surface area (Å²) < 4.78 is 5.94. The van der Waals surface area contributed by atoms with E-state index in [0.717, 1.165) is 6.54 Å². The number of ether oxygens (including phenoxy) is 1. The third kappa shape index (κ3) is 1.42. The molecule has 1 saturated carbocycles. The van der Waals surface area contributed by atoms with E-state index in [-0.39, 0.29) is 5.60 Å². The highest BCUT2D eigenvalue weighted by Crippen LogP contribution is 2.29. The first-order valence-corrected chi connectivity index (χ1v) is 4.59. The van der Waals surface area contributed by atoms with Gasteiger partial charge in [-0.15, -0.1) is 0 Å². The van der Waals surface area contributed by atoms with Crippen LogP contribution in [0.5, 0.6) is 0 Å². The van der Waals surface area contributed by atoms with Crippen molar-refractivity contribution in [2.75, 3.05) is 6.54 Å². The normalized spacial score (nSPS) is 42.0. The molecule has 0 amide bonds. The summed E-state index contributed by atoms with van der Waals surface area (Å²) in [5.74, 6) is 0. The van der Waals surface area contributed by atoms with Crippen LogP contribution in [0.3, 0.4) is 0 Å². The van der Waals surface area contributed by atoms with Crippen LogP contribution in [0, 0.1) is 0 Å². The molecule has 64 valence electrons. The largest absolute Gasteiger partial charge is 0.369 e. The van der Waals surface area contributed by atoms with E-state index in [2.05, 4.69) is 19.2 Å². The molecule has 0 bridgehead atoms. The third-order valence-corrected chi connectivity index (χ3v) is 2.71. The minimum atomic E-state index is 0.0610. The van der Waals surface area contributed by atoms with Crippen LogP contribution in [-0.4, -0.2) is 24.3 Å². The third-order valence-electron chi connectivity index (χ3n) is 2.71. The molecule has 2 fully saturated rings. The van der Waals surface area contributed by atoms with Crippen LogP contribution in [0.15, 0.2) is 0 Å². The summed E-state index contributed by atoms with van der Waals surface area (Å²) in [5.41, 5.74) is 0.0610. The van der Waals surface area contributed by atoms with E-state index in [1.165, 1.54) is 19.3 Å². The van der Waals surface area contributed by atoms with Gasteiger partial charge in [-0.05, 0) is 33.1 Å². The average Bonchev–Trinajstić information content (AvgIpc) is 2.31. The molecule has 0 spiro atoms. The summed E-state index contributed by atoms with van der Waals surface area (Å²) >= 11 is 0. The summed E-state index contributed by atoms with van der Waals surface area (Å²) in [6, 6.07) is 0.656. The fourth-order valence-corrected chi connectivity index (χ4v) is 2.13. The van der Waals surface area contributed by atoms with Gasteiger partial charge in [0.25, 0.3) is 0 Å². The van der Waals surface area contributed by atoms with E-state index in [4.69, 9.17) is 4.74 Å². The van der Waals surface area contributed by atoms with Crippen molar-refractivity contribution in [1.82, 2.24) is 5.32 Å². The molecule has 1 aliphatic carbocycles. The molecular formula is C9H17NO. The zero-order valence-electron chi connectivity index (χ0n) is 7.39. The molecule has 2 atom stereocenters. The topological polar surface area (TPSA) is 21.3 Å². The summed E-state index contributed by atoms with van der Waals surface area (Å²) in [6.07, 6.45) is 4.39. The van der Waals surface area contributed by atoms with Gasteiger partial charge in [0.15, 0.2) is 0 Å². The molecule has 1 N–H and O–H groups in total. The molecule has 1 aliphatic heterocycles. The number of rotatable bonds is 0. The van der Waals surface area contributed by atoms with E-state index in [9.17, 15) is 0 Å². The van der Waals surface area contributed by atoms with Gasteiger partial charge in [0.05, 0.1) is 11.7 Å². The van der Waals surface area contributed by atoms with Gasteiger partial charge in [0.2, 0.25) is 0 Å². The standard InChI is InChI=1S/C9H17NO/c1-9(2)6-10-7-4-3-5-8(7)11-9/h7-8,10H,3-6H2,1-2H3. The number of nitrogens with one attached hydrogen (secondary N) is 1. The Morgan fingerprint density at radius 3 is 3.00 bits per heavy atom. The minimum Gasteiger partial charge on any atom is -0.369 e. The van der Waals surface area contributed by atoms with Crippen molar-refractivity contribution in [3.63, 3.8) is 0 Å². The fourth-order valence-electron chi connectivity index (χ4n) is 2.13. The van der Waals surface area contributed by atoms with Crippen molar-refractivity contribution in [2.45, 2.75) is 50.9 Å². The fraction of sp³-hybridized carbons (Fsp3) is 1.00. The number of fused-ring (bicyclic) bond motifs is 1. The Morgan fingerprint density at radius 1 is 1.36 bits per heavy atom. The van der Waals surface area contributed by atoms with Crippen molar-refractivity contribution in [3.05, 3.63) is 0 Å². The lowest BCUT2D eigenvalue weighted by Gasteiger charge is -2.39. The SMILES string of the molecule is CC1(C)CNC2CCCC2O1. The molecule has 2 aliphatic rings. The van der Waals surface area contributed by atoms with Crippen LogP contribution in [0.25, 0.3) is 0 Å². The van der Waals surface area contributed by atoms with Crippen LogP contribution < -0.4 is 5.32 Å². The lowest BCUT2D eigenvalue weighted by atomic mass is 10.0. The van der Waals surface area contributed by atoms with Gasteiger partial charge in [0, 0.05) is 12.6 Å². The zero-order chi connectivity index (χ0) is 7.90. The van der Waals surface area contributed by atoms with E-state index < -0.39 is 0 Å². The maximum atomic E-state index is 5.94. The van der Waals surface area contributed by atoms with Crippen LogP contribution in [0.4, 0.5) is 0 Å². The van der Waals surface area contributed by atoms with E-state index in [0.29, 0.717) is 12.1 Å². The summed E-state index contributed by atoms with van der Waals surface area (Å²) in [6.45, 7) is 5.33. The zero-order valence-corrected chi connectivity index (χ0v) is 7.39. The van der Waals surface area contributed by atoms with Gasteiger partial charge in [0.1, 0.15) is 0 Å². The van der Waals surface area contributed by atoms with E-state index in [1.54, 1.807) is 0 Å². The van der Waals surface area contributed by atoms with E-state index >= 15 is 0 Å². The molecule has 2 heteroatoms. The van der Waals surface area contributed by atoms with Crippen molar-refractivity contribution in [2.24, 2.45) is 0 Å². The maximum Gasteiger partial charge on any atom is 0.0755 e. The van der Waals surface area contributed by atoms with Gasteiger partial charge in [-0.1, -0.05) is 0 Å². The van der Waals surface area contributed by atoms with Crippen LogP contribution in [0.1, 0.15) is 33.1 Å². The Labute approximate surface area is 68.3 Å². The van der Waals surface area contributed by atoms with Crippen LogP contribution in [0.2, 0.25) is 0 Å². The molecule has 2 rings (SSSR count). The van der Waals surface area contributed by atoms with Crippen molar-refractivity contribution < 1.29 is 4.74 Å². The number of hydrogen-bond donors (Lipinski definition) is 1. The van der Waals surface area contributed by atoms with E-state index in [1.807, 2.05) is 0 Å². The molecule has 1 heterocycles. The molecular weight excluding hydrogens is 138 g/mol. The molecule has 2 unspecified atom stereocenters. The number of morpholine rings is 1.